The summed E-state index contributed by atoms with van der Waals surface area (Å²) in [6, 6.07) is 16.0. The van der Waals surface area contributed by atoms with Gasteiger partial charge in [-0.05, 0) is 56.0 Å². The van der Waals surface area contributed by atoms with Crippen LogP contribution < -0.4 is 10.5 Å². The molecule has 2 aromatic heterocycles. The SMILES string of the molecule is CCCCc1nc2c(N)nc3cc(Cc4cccc(OCC#N)c4)ccc3c2n1CC(C)(C)O. The molecule has 0 aliphatic rings. The van der Waals surface area contributed by atoms with Crippen LogP contribution in [0, 0.1) is 11.3 Å². The summed E-state index contributed by atoms with van der Waals surface area (Å²) in [7, 11) is 0. The van der Waals surface area contributed by atoms with Crippen LogP contribution in [0.4, 0.5) is 5.82 Å². The number of nitriles is 1. The van der Waals surface area contributed by atoms with E-state index in [0.717, 1.165) is 52.6 Å². The Morgan fingerprint density at radius 2 is 1.94 bits per heavy atom. The van der Waals surface area contributed by atoms with E-state index in [1.54, 1.807) is 0 Å². The van der Waals surface area contributed by atoms with E-state index in [2.05, 4.69) is 34.7 Å². The van der Waals surface area contributed by atoms with Crippen LogP contribution in [0.5, 0.6) is 5.75 Å². The Balaban J connectivity index is 1.77. The number of fused-ring (bicyclic) bond motifs is 3. The number of aryl methyl sites for hydroxylation is 1. The van der Waals surface area contributed by atoms with Crippen molar-refractivity contribution in [1.82, 2.24) is 14.5 Å². The van der Waals surface area contributed by atoms with Gasteiger partial charge in [0.25, 0.3) is 0 Å². The van der Waals surface area contributed by atoms with Crippen LogP contribution >= 0.6 is 0 Å². The minimum absolute atomic E-state index is 0.0250. The highest BCUT2D eigenvalue weighted by molar-refractivity contribution is 6.06. The predicted octanol–water partition coefficient (Wildman–Crippen LogP) is 4.77. The molecular weight excluding hydrogens is 426 g/mol. The van der Waals surface area contributed by atoms with Crippen molar-refractivity contribution < 1.29 is 9.84 Å². The quantitative estimate of drug-likeness (QED) is 0.374. The van der Waals surface area contributed by atoms with E-state index in [0.29, 0.717) is 30.0 Å². The lowest BCUT2D eigenvalue weighted by Gasteiger charge is -2.21. The molecule has 0 aliphatic heterocycles. The van der Waals surface area contributed by atoms with Crippen molar-refractivity contribution in [2.75, 3.05) is 12.3 Å². The van der Waals surface area contributed by atoms with Gasteiger partial charge < -0.3 is 20.1 Å². The lowest BCUT2D eigenvalue weighted by atomic mass is 10.0. The highest BCUT2D eigenvalue weighted by Gasteiger charge is 2.22. The summed E-state index contributed by atoms with van der Waals surface area (Å²) in [6.07, 6.45) is 3.60. The molecule has 34 heavy (non-hydrogen) atoms. The summed E-state index contributed by atoms with van der Waals surface area (Å²) in [5, 5.41) is 20.3. The van der Waals surface area contributed by atoms with E-state index in [1.165, 1.54) is 0 Å². The van der Waals surface area contributed by atoms with Crippen LogP contribution in [0.15, 0.2) is 42.5 Å². The molecule has 0 fully saturated rings. The molecule has 0 radical (unpaired) electrons. The lowest BCUT2D eigenvalue weighted by Crippen LogP contribution is -2.27. The summed E-state index contributed by atoms with van der Waals surface area (Å²) < 4.78 is 7.54. The topological polar surface area (TPSA) is 110 Å². The van der Waals surface area contributed by atoms with Crippen molar-refractivity contribution in [1.29, 1.82) is 5.26 Å². The number of unbranched alkanes of at least 4 members (excludes halogenated alkanes) is 1. The Hall–Kier alpha value is -3.63. The maximum atomic E-state index is 10.6. The van der Waals surface area contributed by atoms with Crippen LogP contribution in [0.25, 0.3) is 21.9 Å². The number of benzene rings is 2. The third-order valence-electron chi connectivity index (χ3n) is 5.76. The molecule has 2 heterocycles. The van der Waals surface area contributed by atoms with Crippen molar-refractivity contribution in [3.8, 4) is 11.8 Å². The fourth-order valence-electron chi connectivity index (χ4n) is 4.29. The van der Waals surface area contributed by atoms with Gasteiger partial charge in [-0.25, -0.2) is 9.97 Å². The average molecular weight is 458 g/mol. The van der Waals surface area contributed by atoms with E-state index >= 15 is 0 Å². The van der Waals surface area contributed by atoms with Crippen LogP contribution in [0.1, 0.15) is 50.6 Å². The van der Waals surface area contributed by atoms with E-state index in [-0.39, 0.29) is 6.61 Å². The predicted molar refractivity (Wildman–Crippen MR) is 135 cm³/mol. The molecule has 0 bridgehead atoms. The second-order valence-electron chi connectivity index (χ2n) is 9.35. The number of aromatic nitrogens is 3. The van der Waals surface area contributed by atoms with Gasteiger partial charge in [0.2, 0.25) is 0 Å². The molecule has 7 heteroatoms. The fraction of sp³-hybridized carbons (Fsp3) is 0.370. The normalized spacial score (nSPS) is 11.7. The smallest absolute Gasteiger partial charge is 0.174 e. The molecule has 2 aromatic carbocycles. The van der Waals surface area contributed by atoms with Gasteiger partial charge in [-0.3, -0.25) is 0 Å². The first-order chi connectivity index (χ1) is 16.3. The molecule has 0 unspecified atom stereocenters. The molecule has 7 nitrogen and oxygen atoms in total. The molecule has 0 saturated carbocycles. The molecule has 4 rings (SSSR count). The van der Waals surface area contributed by atoms with Gasteiger partial charge in [-0.1, -0.05) is 37.6 Å². The van der Waals surface area contributed by atoms with Gasteiger partial charge in [0, 0.05) is 11.8 Å². The highest BCUT2D eigenvalue weighted by Crippen LogP contribution is 2.31. The summed E-state index contributed by atoms with van der Waals surface area (Å²) in [6.45, 7) is 6.22. The maximum Gasteiger partial charge on any atom is 0.174 e. The van der Waals surface area contributed by atoms with Crippen molar-refractivity contribution >= 4 is 27.8 Å². The molecule has 176 valence electrons. The molecular formula is C27H31N5O2. The van der Waals surface area contributed by atoms with Gasteiger partial charge in [0.15, 0.2) is 12.4 Å². The third kappa shape index (κ3) is 5.13. The van der Waals surface area contributed by atoms with Crippen LogP contribution in [-0.2, 0) is 19.4 Å². The number of ether oxygens (including phenoxy) is 1. The van der Waals surface area contributed by atoms with Crippen molar-refractivity contribution in [3.05, 3.63) is 59.4 Å². The first kappa shape index (κ1) is 23.5. The number of pyridine rings is 1. The van der Waals surface area contributed by atoms with Gasteiger partial charge in [0.05, 0.1) is 23.2 Å². The molecule has 0 saturated heterocycles. The summed E-state index contributed by atoms with van der Waals surface area (Å²) in [5.41, 5.74) is 10.1. The number of hydrogen-bond donors (Lipinski definition) is 2. The van der Waals surface area contributed by atoms with E-state index < -0.39 is 5.60 Å². The van der Waals surface area contributed by atoms with Gasteiger partial charge in [-0.2, -0.15) is 5.26 Å². The minimum atomic E-state index is -0.891. The number of aliphatic hydroxyl groups is 1. The summed E-state index contributed by atoms with van der Waals surface area (Å²) in [5.74, 6) is 2.01. The Kier molecular flexibility index (Phi) is 6.71. The van der Waals surface area contributed by atoms with Gasteiger partial charge in [0.1, 0.15) is 23.2 Å². The van der Waals surface area contributed by atoms with Crippen molar-refractivity contribution in [3.63, 3.8) is 0 Å². The summed E-state index contributed by atoms with van der Waals surface area (Å²) >= 11 is 0. The number of nitrogens with two attached hydrogens (primary N) is 1. The summed E-state index contributed by atoms with van der Waals surface area (Å²) in [4.78, 5) is 9.51. The zero-order valence-electron chi connectivity index (χ0n) is 20.0. The number of nitrogens with zero attached hydrogens (tertiary/aromatic N) is 4. The largest absolute Gasteiger partial charge is 0.479 e. The lowest BCUT2D eigenvalue weighted by molar-refractivity contribution is 0.0618. The standard InChI is InChI=1S/C27H31N5O2/c1-4-5-9-23-31-24-25(32(23)17-27(2,3)33)21-11-10-19(16-22(21)30-26(24)29)14-18-7-6-8-20(15-18)34-13-12-28/h6-8,10-11,15-16,33H,4-5,9,13-14,17H2,1-3H3,(H2,29,30). The van der Waals surface area contributed by atoms with Crippen LogP contribution in [0.3, 0.4) is 0 Å². The molecule has 0 spiro atoms. The van der Waals surface area contributed by atoms with E-state index in [1.807, 2.05) is 44.2 Å². The zero-order chi connectivity index (χ0) is 24.3. The van der Waals surface area contributed by atoms with Gasteiger partial charge >= 0.3 is 0 Å². The molecule has 4 aromatic rings. The Bertz CT molecular complexity index is 1360. The molecule has 0 aliphatic carbocycles. The van der Waals surface area contributed by atoms with Crippen molar-refractivity contribution in [2.24, 2.45) is 0 Å². The number of imidazole rings is 1. The fourth-order valence-corrected chi connectivity index (χ4v) is 4.29. The third-order valence-corrected chi connectivity index (χ3v) is 5.76. The van der Waals surface area contributed by atoms with E-state index in [9.17, 15) is 5.11 Å². The first-order valence-electron chi connectivity index (χ1n) is 11.7. The Labute approximate surface area is 199 Å². The average Bonchev–Trinajstić information content (AvgIpc) is 3.14. The zero-order valence-corrected chi connectivity index (χ0v) is 20.0. The number of rotatable bonds is 9. The second kappa shape index (κ2) is 9.70. The van der Waals surface area contributed by atoms with Crippen LogP contribution in [-0.4, -0.2) is 31.8 Å². The van der Waals surface area contributed by atoms with Gasteiger partial charge in [-0.15, -0.1) is 0 Å². The second-order valence-corrected chi connectivity index (χ2v) is 9.35. The Morgan fingerprint density at radius 1 is 1.15 bits per heavy atom. The molecule has 0 atom stereocenters. The first-order valence-corrected chi connectivity index (χ1v) is 11.7. The van der Waals surface area contributed by atoms with E-state index in [4.69, 9.17) is 20.7 Å². The number of hydrogen-bond acceptors (Lipinski definition) is 6. The number of nitrogen functional groups attached to an aromatic ring is 1. The monoisotopic (exact) mass is 457 g/mol. The van der Waals surface area contributed by atoms with Crippen LogP contribution in [0.2, 0.25) is 0 Å². The van der Waals surface area contributed by atoms with Crippen molar-refractivity contribution in [2.45, 2.75) is 58.6 Å². The number of anilines is 1. The Morgan fingerprint density at radius 3 is 2.68 bits per heavy atom. The highest BCUT2D eigenvalue weighted by atomic mass is 16.5. The maximum absolute atomic E-state index is 10.6. The molecule has 0 amide bonds. The minimum Gasteiger partial charge on any atom is -0.479 e. The molecule has 3 N–H and O–H groups in total.